The van der Waals surface area contributed by atoms with Gasteiger partial charge in [0.1, 0.15) is 5.69 Å². The summed E-state index contributed by atoms with van der Waals surface area (Å²) in [6, 6.07) is 17.0. The monoisotopic (exact) mass is 442 g/mol. The lowest BCUT2D eigenvalue weighted by atomic mass is 10.1. The Balaban J connectivity index is 1.60. The summed E-state index contributed by atoms with van der Waals surface area (Å²) in [5, 5.41) is 7.58. The third kappa shape index (κ3) is 4.19. The number of carbonyl (C=O) groups excluding carboxylic acids is 1. The number of para-hydroxylation sites is 2. The van der Waals surface area contributed by atoms with E-state index in [-0.39, 0.29) is 17.6 Å². The van der Waals surface area contributed by atoms with Gasteiger partial charge in [-0.25, -0.2) is 0 Å². The number of nitrogens with zero attached hydrogens (tertiary/aromatic N) is 3. The van der Waals surface area contributed by atoms with Crippen LogP contribution in [0.15, 0.2) is 71.8 Å². The summed E-state index contributed by atoms with van der Waals surface area (Å²) in [6.07, 6.45) is 6.41. The summed E-state index contributed by atoms with van der Waals surface area (Å²) >= 11 is 0. The first-order valence-corrected chi connectivity index (χ1v) is 11.3. The van der Waals surface area contributed by atoms with Gasteiger partial charge in [-0.15, -0.1) is 0 Å². The molecule has 1 saturated heterocycles. The Labute approximate surface area is 192 Å². The van der Waals surface area contributed by atoms with Gasteiger partial charge >= 0.3 is 0 Å². The largest absolute Gasteiger partial charge is 0.376 e. The van der Waals surface area contributed by atoms with Crippen LogP contribution >= 0.6 is 0 Å². The van der Waals surface area contributed by atoms with Crippen LogP contribution in [0.2, 0.25) is 0 Å². The van der Waals surface area contributed by atoms with Crippen LogP contribution in [0.3, 0.4) is 0 Å². The molecule has 2 aromatic carbocycles. The van der Waals surface area contributed by atoms with Crippen LogP contribution in [0, 0.1) is 0 Å². The van der Waals surface area contributed by atoms with E-state index in [9.17, 15) is 9.59 Å². The topological polar surface area (TPSA) is 78.2 Å². The molecule has 0 radical (unpaired) electrons. The minimum atomic E-state index is -0.291. The quantitative estimate of drug-likeness (QED) is 0.487. The van der Waals surface area contributed by atoms with E-state index in [1.54, 1.807) is 12.4 Å². The van der Waals surface area contributed by atoms with Crippen molar-refractivity contribution >= 4 is 11.6 Å². The van der Waals surface area contributed by atoms with Gasteiger partial charge in [-0.1, -0.05) is 43.3 Å². The van der Waals surface area contributed by atoms with Crippen molar-refractivity contribution in [2.24, 2.45) is 0 Å². The van der Waals surface area contributed by atoms with Gasteiger partial charge in [0.05, 0.1) is 22.9 Å². The molecule has 1 fully saturated rings. The molecule has 0 aliphatic carbocycles. The molecule has 7 nitrogen and oxygen atoms in total. The van der Waals surface area contributed by atoms with Gasteiger partial charge in [0.2, 0.25) is 0 Å². The molecule has 0 spiro atoms. The van der Waals surface area contributed by atoms with E-state index >= 15 is 0 Å². The summed E-state index contributed by atoms with van der Waals surface area (Å²) in [7, 11) is 0. The molecule has 33 heavy (non-hydrogen) atoms. The minimum Gasteiger partial charge on any atom is -0.376 e. The molecule has 0 saturated carbocycles. The van der Waals surface area contributed by atoms with Crippen molar-refractivity contribution < 1.29 is 9.53 Å². The fraction of sp³-hybridized carbons (Fsp3) is 0.269. The number of anilines is 1. The number of hydrogen-bond acceptors (Lipinski definition) is 4. The van der Waals surface area contributed by atoms with E-state index in [4.69, 9.17) is 4.74 Å². The van der Waals surface area contributed by atoms with Crippen LogP contribution in [-0.4, -0.2) is 33.0 Å². The summed E-state index contributed by atoms with van der Waals surface area (Å²) in [5.41, 5.74) is 3.38. The number of pyridine rings is 1. The van der Waals surface area contributed by atoms with Gasteiger partial charge in [-0.3, -0.25) is 9.59 Å². The van der Waals surface area contributed by atoms with Crippen LogP contribution in [0.25, 0.3) is 16.9 Å². The van der Waals surface area contributed by atoms with Gasteiger partial charge < -0.3 is 14.6 Å². The molecule has 3 heterocycles. The number of ether oxygens (including phenoxy) is 1. The van der Waals surface area contributed by atoms with Gasteiger partial charge in [-0.05, 0) is 43.0 Å². The summed E-state index contributed by atoms with van der Waals surface area (Å²) in [4.78, 5) is 26.7. The lowest BCUT2D eigenvalue weighted by Gasteiger charge is -2.16. The maximum Gasteiger partial charge on any atom is 0.282 e. The molecule has 1 atom stereocenters. The van der Waals surface area contributed by atoms with Crippen molar-refractivity contribution in [3.05, 3.63) is 88.5 Å². The molecule has 168 valence electrons. The average Bonchev–Trinajstić information content (AvgIpc) is 3.47. The van der Waals surface area contributed by atoms with Crippen molar-refractivity contribution in [2.75, 3.05) is 11.9 Å². The highest BCUT2D eigenvalue weighted by Crippen LogP contribution is 2.25. The zero-order valence-corrected chi connectivity index (χ0v) is 18.5. The molecule has 2 aromatic rings. The SMILES string of the molecule is CCc1ccccc1NC(=O)c1cn(CC2CCCO2)cc2c(=O)n(-c3ccccc3)nc1-2. The van der Waals surface area contributed by atoms with Crippen LogP contribution in [0.4, 0.5) is 5.69 Å². The predicted molar refractivity (Wildman–Crippen MR) is 127 cm³/mol. The molecule has 0 aromatic heterocycles. The maximum atomic E-state index is 13.4. The zero-order valence-electron chi connectivity index (χ0n) is 18.5. The third-order valence-electron chi connectivity index (χ3n) is 6.05. The minimum absolute atomic E-state index is 0.0726. The second-order valence-electron chi connectivity index (χ2n) is 8.28. The highest BCUT2D eigenvalue weighted by Gasteiger charge is 2.26. The molecule has 1 N–H and O–H groups in total. The molecule has 3 aliphatic rings. The predicted octanol–water partition coefficient (Wildman–Crippen LogP) is 4.13. The van der Waals surface area contributed by atoms with Crippen molar-refractivity contribution in [3.63, 3.8) is 0 Å². The van der Waals surface area contributed by atoms with Gasteiger partial charge in [0.25, 0.3) is 11.5 Å². The fourth-order valence-electron chi connectivity index (χ4n) is 4.34. The Morgan fingerprint density at radius 2 is 1.91 bits per heavy atom. The van der Waals surface area contributed by atoms with E-state index in [1.165, 1.54) is 4.68 Å². The Kier molecular flexibility index (Phi) is 5.79. The molecule has 1 amide bonds. The second-order valence-corrected chi connectivity index (χ2v) is 8.28. The first kappa shape index (κ1) is 21.2. The standard InChI is InChI=1S/C26H26N4O3/c1-2-18-9-6-7-13-23(18)27-25(31)21-16-29(15-20-12-8-14-33-20)17-22-24(21)28-30(26(22)32)19-10-4-3-5-11-19/h3-7,9-11,13,16-17,20H,2,8,12,14-15H2,1H3,(H,27,31). The van der Waals surface area contributed by atoms with E-state index in [2.05, 4.69) is 10.4 Å². The maximum absolute atomic E-state index is 13.4. The molecule has 1 unspecified atom stereocenters. The smallest absolute Gasteiger partial charge is 0.282 e. The summed E-state index contributed by atoms with van der Waals surface area (Å²) in [5.74, 6) is -0.291. The number of fused-ring (bicyclic) bond motifs is 1. The number of amides is 1. The zero-order chi connectivity index (χ0) is 22.8. The number of rotatable bonds is 6. The van der Waals surface area contributed by atoms with Crippen LogP contribution in [0.5, 0.6) is 0 Å². The second kappa shape index (κ2) is 9.03. The highest BCUT2D eigenvalue weighted by molar-refractivity contribution is 6.08. The van der Waals surface area contributed by atoms with Gasteiger partial charge in [0.15, 0.2) is 0 Å². The van der Waals surface area contributed by atoms with Crippen LogP contribution in [0.1, 0.15) is 35.7 Å². The van der Waals surface area contributed by atoms with Crippen molar-refractivity contribution in [2.45, 2.75) is 38.8 Å². The normalized spacial score (nSPS) is 15.7. The van der Waals surface area contributed by atoms with Crippen molar-refractivity contribution in [1.29, 1.82) is 0 Å². The van der Waals surface area contributed by atoms with Crippen LogP contribution in [-0.2, 0) is 17.7 Å². The Morgan fingerprint density at radius 1 is 1.12 bits per heavy atom. The van der Waals surface area contributed by atoms with Gasteiger partial charge in [0, 0.05) is 31.2 Å². The van der Waals surface area contributed by atoms with E-state index < -0.39 is 0 Å². The molecule has 3 aliphatic heterocycles. The Hall–Kier alpha value is -3.71. The first-order valence-electron chi connectivity index (χ1n) is 11.3. The lowest BCUT2D eigenvalue weighted by molar-refractivity contribution is 0.0961. The first-order chi connectivity index (χ1) is 16.1. The molecular formula is C26H26N4O3. The third-order valence-corrected chi connectivity index (χ3v) is 6.05. The Bertz CT molecular complexity index is 1300. The van der Waals surface area contributed by atoms with Crippen molar-refractivity contribution in [3.8, 4) is 16.9 Å². The fourth-order valence-corrected chi connectivity index (χ4v) is 4.34. The number of aromatic nitrogens is 3. The lowest BCUT2D eigenvalue weighted by Crippen LogP contribution is -2.21. The molecule has 7 heteroatoms. The number of aryl methyl sites for hydroxylation is 1. The number of nitrogens with one attached hydrogen (secondary N) is 1. The van der Waals surface area contributed by atoms with E-state index in [0.717, 1.165) is 37.1 Å². The number of benzene rings is 2. The summed E-state index contributed by atoms with van der Waals surface area (Å²) in [6.45, 7) is 3.37. The molecule has 5 rings (SSSR count). The average molecular weight is 443 g/mol. The molecular weight excluding hydrogens is 416 g/mol. The molecule has 0 bridgehead atoms. The highest BCUT2D eigenvalue weighted by atomic mass is 16.5. The van der Waals surface area contributed by atoms with Crippen LogP contribution < -0.4 is 10.9 Å². The summed E-state index contributed by atoms with van der Waals surface area (Å²) < 4.78 is 9.02. The van der Waals surface area contributed by atoms with Gasteiger partial charge in [-0.2, -0.15) is 9.78 Å². The number of hydrogen-bond donors (Lipinski definition) is 1. The van der Waals surface area contributed by atoms with E-state index in [1.807, 2.05) is 66.1 Å². The van der Waals surface area contributed by atoms with E-state index in [0.29, 0.717) is 29.1 Å². The van der Waals surface area contributed by atoms with Crippen molar-refractivity contribution in [1.82, 2.24) is 14.3 Å². The number of carbonyl (C=O) groups is 1. The Morgan fingerprint density at radius 3 is 2.67 bits per heavy atom.